The average Bonchev–Trinajstić information content (AvgIpc) is 3.22. The first-order valence-corrected chi connectivity index (χ1v) is 8.99. The fourth-order valence-corrected chi connectivity index (χ4v) is 3.92. The van der Waals surface area contributed by atoms with Crippen molar-refractivity contribution in [3.63, 3.8) is 0 Å². The topological polar surface area (TPSA) is 23.6 Å². The van der Waals surface area contributed by atoms with Crippen molar-refractivity contribution in [3.05, 3.63) is 59.7 Å². The van der Waals surface area contributed by atoms with Crippen molar-refractivity contribution < 1.29 is 4.79 Å². The SMILES string of the molecule is O=C(CCN1CCc2ccccc21)CCN1CCc2ccccc21. The summed E-state index contributed by atoms with van der Waals surface area (Å²) in [6.07, 6.45) is 3.53. The first kappa shape index (κ1) is 15.3. The summed E-state index contributed by atoms with van der Waals surface area (Å²) >= 11 is 0. The number of carbonyl (C=O) groups excluding carboxylic acids is 1. The molecule has 0 saturated carbocycles. The maximum absolute atomic E-state index is 12.3. The van der Waals surface area contributed by atoms with Gasteiger partial charge < -0.3 is 9.80 Å². The highest BCUT2D eigenvalue weighted by molar-refractivity contribution is 5.80. The maximum atomic E-state index is 12.3. The Bertz CT molecular complexity index is 679. The Labute approximate surface area is 143 Å². The lowest BCUT2D eigenvalue weighted by Crippen LogP contribution is -2.27. The van der Waals surface area contributed by atoms with Gasteiger partial charge in [0.2, 0.25) is 0 Å². The first-order chi connectivity index (χ1) is 11.8. The first-order valence-electron chi connectivity index (χ1n) is 8.99. The Morgan fingerprint density at radius 1 is 0.750 bits per heavy atom. The van der Waals surface area contributed by atoms with E-state index in [1.165, 1.54) is 22.5 Å². The predicted molar refractivity (Wildman–Crippen MR) is 99.0 cm³/mol. The lowest BCUT2D eigenvalue weighted by molar-refractivity contribution is -0.118. The summed E-state index contributed by atoms with van der Waals surface area (Å²) in [4.78, 5) is 17.0. The molecular formula is C21H24N2O. The van der Waals surface area contributed by atoms with E-state index in [0.29, 0.717) is 18.6 Å². The Kier molecular flexibility index (Phi) is 4.24. The zero-order valence-electron chi connectivity index (χ0n) is 14.1. The average molecular weight is 320 g/mol. The maximum Gasteiger partial charge on any atom is 0.136 e. The monoisotopic (exact) mass is 320 g/mol. The van der Waals surface area contributed by atoms with E-state index in [-0.39, 0.29) is 0 Å². The van der Waals surface area contributed by atoms with Crippen LogP contribution in [0, 0.1) is 0 Å². The molecule has 2 aliphatic heterocycles. The number of hydrogen-bond donors (Lipinski definition) is 0. The molecule has 0 atom stereocenters. The quantitative estimate of drug-likeness (QED) is 0.814. The number of hydrogen-bond acceptors (Lipinski definition) is 3. The lowest BCUT2D eigenvalue weighted by Gasteiger charge is -2.20. The summed E-state index contributed by atoms with van der Waals surface area (Å²) in [5.74, 6) is 0.378. The summed E-state index contributed by atoms with van der Waals surface area (Å²) < 4.78 is 0. The summed E-state index contributed by atoms with van der Waals surface area (Å²) in [5, 5.41) is 0. The molecule has 0 bridgehead atoms. The molecule has 0 amide bonds. The Morgan fingerprint density at radius 3 is 1.71 bits per heavy atom. The number of ketones is 1. The van der Waals surface area contributed by atoms with Crippen LogP contribution < -0.4 is 9.80 Å². The molecule has 0 aromatic heterocycles. The molecule has 0 N–H and O–H groups in total. The van der Waals surface area contributed by atoms with Gasteiger partial charge in [-0.1, -0.05) is 36.4 Å². The van der Waals surface area contributed by atoms with Crippen LogP contribution in [0.1, 0.15) is 24.0 Å². The van der Waals surface area contributed by atoms with Gasteiger partial charge in [-0.2, -0.15) is 0 Å². The van der Waals surface area contributed by atoms with Gasteiger partial charge in [0.15, 0.2) is 0 Å². The largest absolute Gasteiger partial charge is 0.371 e. The summed E-state index contributed by atoms with van der Waals surface area (Å²) in [7, 11) is 0. The van der Waals surface area contributed by atoms with Crippen molar-refractivity contribution in [1.29, 1.82) is 0 Å². The second-order valence-electron chi connectivity index (χ2n) is 6.77. The molecule has 0 unspecified atom stereocenters. The fraction of sp³-hybridized carbons (Fsp3) is 0.381. The van der Waals surface area contributed by atoms with E-state index < -0.39 is 0 Å². The molecule has 0 radical (unpaired) electrons. The number of fused-ring (bicyclic) bond motifs is 2. The van der Waals surface area contributed by atoms with Gasteiger partial charge in [0.1, 0.15) is 5.78 Å². The van der Waals surface area contributed by atoms with E-state index in [1.807, 2.05) is 0 Å². The van der Waals surface area contributed by atoms with Crippen LogP contribution in [0.25, 0.3) is 0 Å². The van der Waals surface area contributed by atoms with Gasteiger partial charge in [0.25, 0.3) is 0 Å². The van der Waals surface area contributed by atoms with E-state index in [2.05, 4.69) is 58.3 Å². The number of nitrogens with zero attached hydrogens (tertiary/aromatic N) is 2. The molecule has 124 valence electrons. The van der Waals surface area contributed by atoms with E-state index in [9.17, 15) is 4.79 Å². The van der Waals surface area contributed by atoms with Gasteiger partial charge in [-0.25, -0.2) is 0 Å². The van der Waals surface area contributed by atoms with Crippen LogP contribution in [0.5, 0.6) is 0 Å². The normalized spacial score (nSPS) is 15.5. The number of benzene rings is 2. The van der Waals surface area contributed by atoms with Crippen LogP contribution in [0.4, 0.5) is 11.4 Å². The number of para-hydroxylation sites is 2. The lowest BCUT2D eigenvalue weighted by atomic mass is 10.1. The molecular weight excluding hydrogens is 296 g/mol. The molecule has 2 heterocycles. The van der Waals surface area contributed by atoms with Crippen LogP contribution in [-0.2, 0) is 17.6 Å². The molecule has 2 aromatic rings. The highest BCUT2D eigenvalue weighted by atomic mass is 16.1. The predicted octanol–water partition coefficient (Wildman–Crippen LogP) is 3.46. The standard InChI is InChI=1S/C21H24N2O/c24-19(11-15-22-13-9-17-5-1-3-7-20(17)22)12-16-23-14-10-18-6-2-4-8-21(18)23/h1-8H,9-16H2. The van der Waals surface area contributed by atoms with Crippen LogP contribution >= 0.6 is 0 Å². The minimum absolute atomic E-state index is 0.378. The molecule has 3 nitrogen and oxygen atoms in total. The van der Waals surface area contributed by atoms with E-state index in [0.717, 1.165) is 39.0 Å². The molecule has 2 aliphatic rings. The number of carbonyl (C=O) groups is 1. The fourth-order valence-electron chi connectivity index (χ4n) is 3.92. The van der Waals surface area contributed by atoms with Crippen molar-refractivity contribution in [2.45, 2.75) is 25.7 Å². The Morgan fingerprint density at radius 2 is 1.21 bits per heavy atom. The third-order valence-electron chi connectivity index (χ3n) is 5.29. The number of Topliss-reactive ketones (excluding diaryl/α,β-unsaturated/α-hetero) is 1. The van der Waals surface area contributed by atoms with Crippen LogP contribution in [0.15, 0.2) is 48.5 Å². The third kappa shape index (κ3) is 3.03. The highest BCUT2D eigenvalue weighted by Gasteiger charge is 2.20. The zero-order valence-corrected chi connectivity index (χ0v) is 14.1. The molecule has 4 rings (SSSR count). The van der Waals surface area contributed by atoms with Gasteiger partial charge in [-0.05, 0) is 36.1 Å². The Balaban J connectivity index is 1.27. The van der Waals surface area contributed by atoms with Crippen molar-refractivity contribution >= 4 is 17.2 Å². The molecule has 0 saturated heterocycles. The number of rotatable bonds is 6. The van der Waals surface area contributed by atoms with Crippen LogP contribution in [-0.4, -0.2) is 32.0 Å². The van der Waals surface area contributed by atoms with Crippen molar-refractivity contribution in [3.8, 4) is 0 Å². The van der Waals surface area contributed by atoms with E-state index in [4.69, 9.17) is 0 Å². The summed E-state index contributed by atoms with van der Waals surface area (Å²) in [6, 6.07) is 17.1. The smallest absolute Gasteiger partial charge is 0.136 e. The highest BCUT2D eigenvalue weighted by Crippen LogP contribution is 2.28. The second-order valence-corrected chi connectivity index (χ2v) is 6.77. The van der Waals surface area contributed by atoms with E-state index in [1.54, 1.807) is 0 Å². The van der Waals surface area contributed by atoms with Crippen molar-refractivity contribution in [2.24, 2.45) is 0 Å². The zero-order chi connectivity index (χ0) is 16.4. The van der Waals surface area contributed by atoms with Gasteiger partial charge in [0.05, 0.1) is 0 Å². The molecule has 0 fully saturated rings. The third-order valence-corrected chi connectivity index (χ3v) is 5.29. The number of anilines is 2. The second kappa shape index (κ2) is 6.68. The summed E-state index contributed by atoms with van der Waals surface area (Å²) in [6.45, 7) is 3.80. The summed E-state index contributed by atoms with van der Waals surface area (Å²) in [5.41, 5.74) is 5.47. The molecule has 0 aliphatic carbocycles. The van der Waals surface area contributed by atoms with Crippen molar-refractivity contribution in [1.82, 2.24) is 0 Å². The Hall–Kier alpha value is -2.29. The van der Waals surface area contributed by atoms with Crippen LogP contribution in [0.3, 0.4) is 0 Å². The minimum atomic E-state index is 0.378. The molecule has 0 spiro atoms. The molecule has 24 heavy (non-hydrogen) atoms. The van der Waals surface area contributed by atoms with Gasteiger partial charge >= 0.3 is 0 Å². The van der Waals surface area contributed by atoms with Crippen molar-refractivity contribution in [2.75, 3.05) is 36.0 Å². The minimum Gasteiger partial charge on any atom is -0.371 e. The van der Waals surface area contributed by atoms with Gasteiger partial charge in [-0.3, -0.25) is 4.79 Å². The molecule has 3 heteroatoms. The molecule has 2 aromatic carbocycles. The van der Waals surface area contributed by atoms with Gasteiger partial charge in [0, 0.05) is 50.4 Å². The van der Waals surface area contributed by atoms with Gasteiger partial charge in [-0.15, -0.1) is 0 Å². The van der Waals surface area contributed by atoms with Crippen LogP contribution in [0.2, 0.25) is 0 Å². The van der Waals surface area contributed by atoms with E-state index >= 15 is 0 Å².